The van der Waals surface area contributed by atoms with Gasteiger partial charge in [0.1, 0.15) is 11.9 Å². The van der Waals surface area contributed by atoms with Crippen molar-refractivity contribution in [2.45, 2.75) is 117 Å². The molecule has 1 saturated heterocycles. The maximum absolute atomic E-state index is 13.1. The lowest BCUT2D eigenvalue weighted by Gasteiger charge is -2.28. The summed E-state index contributed by atoms with van der Waals surface area (Å²) in [5.41, 5.74) is 5.43. The third-order valence-corrected chi connectivity index (χ3v) is 8.67. The lowest BCUT2D eigenvalue weighted by Crippen LogP contribution is -2.51. The van der Waals surface area contributed by atoms with Gasteiger partial charge in [0.2, 0.25) is 17.7 Å². The number of allylic oxidation sites excluding steroid dienone is 1. The van der Waals surface area contributed by atoms with Gasteiger partial charge in [0.25, 0.3) is 0 Å². The summed E-state index contributed by atoms with van der Waals surface area (Å²) < 4.78 is 10.8. The van der Waals surface area contributed by atoms with E-state index in [2.05, 4.69) is 10.6 Å². The minimum Gasteiger partial charge on any atom is -0.498 e. The molecule has 0 aromatic carbocycles. The Morgan fingerprint density at radius 2 is 1.90 bits per heavy atom. The molecule has 0 aromatic rings. The first-order valence-corrected chi connectivity index (χ1v) is 15.6. The summed E-state index contributed by atoms with van der Waals surface area (Å²) in [6, 6.07) is -1.22. The molecule has 3 amide bonds. The highest BCUT2D eigenvalue weighted by molar-refractivity contribution is 6.00. The first-order chi connectivity index (χ1) is 19.9. The number of amides is 3. The normalized spacial score (nSPS) is 24.4. The number of esters is 1. The average molecular weight is 590 g/mol. The van der Waals surface area contributed by atoms with Gasteiger partial charge in [-0.15, -0.1) is 0 Å². The SMILES string of the molecule is CC(=O)OC(C)CC(C)(C)C(=O)NC(=N)C1CCCC(CNC(=O)[C@@H]2CCCN2C(=O)[C@H](N)CC2=CCCCO2)CC1. The summed E-state index contributed by atoms with van der Waals surface area (Å²) in [7, 11) is 0. The Kier molecular flexibility index (Phi) is 12.4. The van der Waals surface area contributed by atoms with Crippen LogP contribution in [0.25, 0.3) is 0 Å². The molecule has 2 heterocycles. The van der Waals surface area contributed by atoms with Crippen molar-refractivity contribution in [3.05, 3.63) is 11.8 Å². The maximum Gasteiger partial charge on any atom is 0.302 e. The van der Waals surface area contributed by atoms with Crippen molar-refractivity contribution in [2.24, 2.45) is 23.0 Å². The van der Waals surface area contributed by atoms with Gasteiger partial charge in [-0.05, 0) is 76.7 Å². The predicted molar refractivity (Wildman–Crippen MR) is 159 cm³/mol. The van der Waals surface area contributed by atoms with E-state index in [1.54, 1.807) is 25.7 Å². The molecular formula is C31H51N5O6. The molecule has 3 unspecified atom stereocenters. The monoisotopic (exact) mass is 589 g/mol. The molecule has 11 nitrogen and oxygen atoms in total. The van der Waals surface area contributed by atoms with E-state index in [1.807, 2.05) is 6.08 Å². The van der Waals surface area contributed by atoms with Gasteiger partial charge in [0, 0.05) is 37.8 Å². The minimum atomic E-state index is -0.793. The Bertz CT molecular complexity index is 1030. The molecule has 42 heavy (non-hydrogen) atoms. The van der Waals surface area contributed by atoms with Crippen molar-refractivity contribution in [3.63, 3.8) is 0 Å². The Labute approximate surface area is 250 Å². The molecule has 2 aliphatic heterocycles. The molecule has 0 radical (unpaired) electrons. The van der Waals surface area contributed by atoms with Crippen LogP contribution in [0.1, 0.15) is 98.3 Å². The number of ether oxygens (including phenoxy) is 2. The molecule has 3 rings (SSSR count). The fraction of sp³-hybridized carbons (Fsp3) is 0.774. The van der Waals surface area contributed by atoms with Crippen LogP contribution in [0.3, 0.4) is 0 Å². The van der Waals surface area contributed by atoms with Gasteiger partial charge >= 0.3 is 5.97 Å². The minimum absolute atomic E-state index is 0.0518. The second-order valence-corrected chi connectivity index (χ2v) is 12.9. The molecule has 0 spiro atoms. The molecule has 2 fully saturated rings. The van der Waals surface area contributed by atoms with Crippen LogP contribution >= 0.6 is 0 Å². The smallest absolute Gasteiger partial charge is 0.302 e. The highest BCUT2D eigenvalue weighted by Gasteiger charge is 2.37. The predicted octanol–water partition coefficient (Wildman–Crippen LogP) is 3.16. The van der Waals surface area contributed by atoms with Gasteiger partial charge in [-0.25, -0.2) is 0 Å². The van der Waals surface area contributed by atoms with Gasteiger partial charge in [0.15, 0.2) is 0 Å². The Hall–Kier alpha value is -2.95. The summed E-state index contributed by atoms with van der Waals surface area (Å²) in [6.07, 6.45) is 9.83. The van der Waals surface area contributed by atoms with Crippen molar-refractivity contribution in [3.8, 4) is 0 Å². The number of nitrogens with zero attached hydrogens (tertiary/aromatic N) is 1. The lowest BCUT2D eigenvalue weighted by molar-refractivity contribution is -0.148. The second-order valence-electron chi connectivity index (χ2n) is 12.9. The molecular weight excluding hydrogens is 538 g/mol. The molecule has 5 atom stereocenters. The van der Waals surface area contributed by atoms with Crippen LogP contribution in [-0.2, 0) is 28.7 Å². The molecule has 1 saturated carbocycles. The van der Waals surface area contributed by atoms with Crippen LogP contribution in [0.4, 0.5) is 0 Å². The average Bonchev–Trinajstić information content (AvgIpc) is 3.29. The molecule has 0 aromatic heterocycles. The van der Waals surface area contributed by atoms with E-state index >= 15 is 0 Å². The highest BCUT2D eigenvalue weighted by atomic mass is 16.5. The van der Waals surface area contributed by atoms with Crippen LogP contribution in [0.5, 0.6) is 0 Å². The largest absolute Gasteiger partial charge is 0.498 e. The van der Waals surface area contributed by atoms with Crippen molar-refractivity contribution in [1.29, 1.82) is 5.41 Å². The van der Waals surface area contributed by atoms with Gasteiger partial charge in [-0.2, -0.15) is 0 Å². The van der Waals surface area contributed by atoms with Crippen LogP contribution in [0.15, 0.2) is 11.8 Å². The number of hydrogen-bond acceptors (Lipinski definition) is 8. The second kappa shape index (κ2) is 15.5. The molecule has 1 aliphatic carbocycles. The van der Waals surface area contributed by atoms with Crippen LogP contribution in [0, 0.1) is 22.7 Å². The Morgan fingerprint density at radius 1 is 1.14 bits per heavy atom. The quantitative estimate of drug-likeness (QED) is 0.124. The summed E-state index contributed by atoms with van der Waals surface area (Å²) >= 11 is 0. The molecule has 5 N–H and O–H groups in total. The fourth-order valence-corrected chi connectivity index (χ4v) is 6.33. The third-order valence-electron chi connectivity index (χ3n) is 8.67. The summed E-state index contributed by atoms with van der Waals surface area (Å²) in [5.74, 6) is 0.237. The van der Waals surface area contributed by atoms with E-state index in [-0.39, 0.29) is 41.4 Å². The van der Waals surface area contributed by atoms with E-state index < -0.39 is 23.6 Å². The number of nitrogens with two attached hydrogens (primary N) is 1. The van der Waals surface area contributed by atoms with Crippen molar-refractivity contribution >= 4 is 29.5 Å². The number of amidine groups is 1. The first kappa shape index (κ1) is 33.6. The number of hydrogen-bond donors (Lipinski definition) is 4. The van der Waals surface area contributed by atoms with Crippen molar-refractivity contribution < 1.29 is 28.7 Å². The van der Waals surface area contributed by atoms with Gasteiger partial charge in [0.05, 0.1) is 24.5 Å². The van der Waals surface area contributed by atoms with E-state index in [0.717, 1.165) is 57.1 Å². The Morgan fingerprint density at radius 3 is 2.60 bits per heavy atom. The van der Waals surface area contributed by atoms with Gasteiger partial charge in [-0.1, -0.05) is 20.3 Å². The van der Waals surface area contributed by atoms with E-state index in [9.17, 15) is 19.2 Å². The number of carbonyl (C=O) groups excluding carboxylic acids is 4. The van der Waals surface area contributed by atoms with Crippen molar-refractivity contribution in [1.82, 2.24) is 15.5 Å². The van der Waals surface area contributed by atoms with Crippen LogP contribution in [-0.4, -0.2) is 72.3 Å². The maximum atomic E-state index is 13.1. The molecule has 3 aliphatic rings. The van der Waals surface area contributed by atoms with Gasteiger partial charge < -0.3 is 30.7 Å². The summed E-state index contributed by atoms with van der Waals surface area (Å²) in [5, 5.41) is 14.5. The summed E-state index contributed by atoms with van der Waals surface area (Å²) in [4.78, 5) is 52.0. The fourth-order valence-electron chi connectivity index (χ4n) is 6.33. The Balaban J connectivity index is 1.44. The van der Waals surface area contributed by atoms with E-state index in [1.165, 1.54) is 6.92 Å². The summed E-state index contributed by atoms with van der Waals surface area (Å²) in [6.45, 7) is 8.39. The van der Waals surface area contributed by atoms with E-state index in [4.69, 9.17) is 20.6 Å². The number of rotatable bonds is 11. The third kappa shape index (κ3) is 9.81. The zero-order chi connectivity index (χ0) is 30.9. The molecule has 0 bridgehead atoms. The van der Waals surface area contributed by atoms with E-state index in [0.29, 0.717) is 39.0 Å². The van der Waals surface area contributed by atoms with Crippen molar-refractivity contribution in [2.75, 3.05) is 19.7 Å². The topological polar surface area (TPSA) is 164 Å². The number of likely N-dealkylation sites (tertiary alicyclic amines) is 1. The molecule has 236 valence electrons. The highest BCUT2D eigenvalue weighted by Crippen LogP contribution is 2.29. The molecule has 11 heteroatoms. The van der Waals surface area contributed by atoms with Crippen LogP contribution in [0.2, 0.25) is 0 Å². The zero-order valence-corrected chi connectivity index (χ0v) is 25.8. The van der Waals surface area contributed by atoms with Gasteiger partial charge in [-0.3, -0.25) is 24.6 Å². The zero-order valence-electron chi connectivity index (χ0n) is 25.8. The number of nitrogens with one attached hydrogen (secondary N) is 3. The van der Waals surface area contributed by atoms with Crippen LogP contribution < -0.4 is 16.4 Å². The standard InChI is InChI=1S/C31H51N5O6/c1-20(42-21(2)37)18-31(3,4)30(40)35-27(33)23-10-7-9-22(13-14-23)19-34-28(38)26-12-8-15-36(26)29(39)25(32)17-24-11-5-6-16-41-24/h11,20,22-23,25-26H,5-10,12-19,32H2,1-4H3,(H,34,38)(H2,33,35,40)/t20?,22?,23?,25-,26+/m1/s1. The lowest BCUT2D eigenvalue weighted by atomic mass is 9.85. The first-order valence-electron chi connectivity index (χ1n) is 15.6. The number of carbonyl (C=O) groups is 4.